The molecule has 3 rings (SSSR count). The third kappa shape index (κ3) is 5.71. The van der Waals surface area contributed by atoms with Crippen molar-refractivity contribution in [3.05, 3.63) is 35.6 Å². The Bertz CT molecular complexity index is 729. The molecule has 0 bridgehead atoms. The maximum Gasteiger partial charge on any atom is 0.223 e. The number of amides is 1. The smallest absolute Gasteiger partial charge is 0.223 e. The molecule has 2 aliphatic rings. The van der Waals surface area contributed by atoms with E-state index in [1.165, 1.54) is 6.07 Å². The standard InChI is InChI=1S/C23H35FN4O/c1-4-25-22(26-15-23(12-13-23)19-10-5-6-11-20(19)24)28-18-9-7-8-17(14-18)21(29)27-16(2)3/h5-6,10-11,16-18H,4,7-9,12-15H2,1-3H3,(H,27,29)(H2,25,26,28). The van der Waals surface area contributed by atoms with Gasteiger partial charge in [-0.25, -0.2) is 4.39 Å². The molecule has 2 saturated carbocycles. The highest BCUT2D eigenvalue weighted by molar-refractivity contribution is 5.81. The largest absolute Gasteiger partial charge is 0.357 e. The molecule has 6 heteroatoms. The molecule has 0 aliphatic heterocycles. The van der Waals surface area contributed by atoms with Crippen molar-refractivity contribution in [3.8, 4) is 0 Å². The lowest BCUT2D eigenvalue weighted by Crippen LogP contribution is -2.47. The first kappa shape index (κ1) is 21.6. The summed E-state index contributed by atoms with van der Waals surface area (Å²) in [5.74, 6) is 0.846. The number of nitrogens with zero attached hydrogens (tertiary/aromatic N) is 1. The number of hydrogen-bond donors (Lipinski definition) is 3. The minimum absolute atomic E-state index is 0.0553. The highest BCUT2D eigenvalue weighted by Crippen LogP contribution is 2.49. The Morgan fingerprint density at radius 3 is 2.69 bits per heavy atom. The molecule has 0 aromatic heterocycles. The number of halogens is 1. The van der Waals surface area contributed by atoms with Crippen LogP contribution in [-0.4, -0.2) is 37.0 Å². The van der Waals surface area contributed by atoms with Gasteiger partial charge in [-0.3, -0.25) is 9.79 Å². The molecule has 1 aromatic rings. The molecule has 0 saturated heterocycles. The van der Waals surface area contributed by atoms with Crippen molar-refractivity contribution >= 4 is 11.9 Å². The van der Waals surface area contributed by atoms with Crippen LogP contribution in [0.3, 0.4) is 0 Å². The summed E-state index contributed by atoms with van der Waals surface area (Å²) in [5.41, 5.74) is 0.614. The van der Waals surface area contributed by atoms with E-state index >= 15 is 0 Å². The van der Waals surface area contributed by atoms with E-state index in [4.69, 9.17) is 4.99 Å². The average Bonchev–Trinajstić information content (AvgIpc) is 3.47. The lowest BCUT2D eigenvalue weighted by Gasteiger charge is -2.30. The summed E-state index contributed by atoms with van der Waals surface area (Å²) in [6.45, 7) is 7.38. The summed E-state index contributed by atoms with van der Waals surface area (Å²) in [7, 11) is 0. The van der Waals surface area contributed by atoms with Gasteiger partial charge in [-0.05, 0) is 64.5 Å². The molecule has 1 aromatic carbocycles. The van der Waals surface area contributed by atoms with E-state index in [1.807, 2.05) is 32.9 Å². The summed E-state index contributed by atoms with van der Waals surface area (Å²) in [6, 6.07) is 7.45. The fourth-order valence-corrected chi connectivity index (χ4v) is 4.26. The van der Waals surface area contributed by atoms with E-state index in [9.17, 15) is 9.18 Å². The number of guanidine groups is 1. The molecule has 2 atom stereocenters. The topological polar surface area (TPSA) is 65.5 Å². The first-order valence-corrected chi connectivity index (χ1v) is 11.0. The van der Waals surface area contributed by atoms with E-state index in [2.05, 4.69) is 16.0 Å². The van der Waals surface area contributed by atoms with Crippen LogP contribution in [0.2, 0.25) is 0 Å². The van der Waals surface area contributed by atoms with Gasteiger partial charge in [0.05, 0.1) is 6.54 Å². The number of hydrogen-bond acceptors (Lipinski definition) is 2. The Morgan fingerprint density at radius 1 is 1.28 bits per heavy atom. The second-order valence-electron chi connectivity index (χ2n) is 8.82. The van der Waals surface area contributed by atoms with Gasteiger partial charge in [0, 0.05) is 30.0 Å². The van der Waals surface area contributed by atoms with E-state index in [-0.39, 0.29) is 35.1 Å². The average molecular weight is 403 g/mol. The summed E-state index contributed by atoms with van der Waals surface area (Å²) in [6.07, 6.45) is 5.78. The van der Waals surface area contributed by atoms with E-state index in [0.29, 0.717) is 6.54 Å². The quantitative estimate of drug-likeness (QED) is 0.483. The number of carbonyl (C=O) groups is 1. The van der Waals surface area contributed by atoms with Crippen LogP contribution in [-0.2, 0) is 10.2 Å². The second kappa shape index (κ2) is 9.59. The van der Waals surface area contributed by atoms with Gasteiger partial charge in [-0.15, -0.1) is 0 Å². The van der Waals surface area contributed by atoms with Crippen molar-refractivity contribution < 1.29 is 9.18 Å². The molecule has 0 spiro atoms. The molecule has 160 valence electrons. The molecule has 1 amide bonds. The Labute approximate surface area is 173 Å². The first-order valence-electron chi connectivity index (χ1n) is 11.0. The van der Waals surface area contributed by atoms with Gasteiger partial charge in [-0.1, -0.05) is 24.6 Å². The molecule has 0 radical (unpaired) electrons. The van der Waals surface area contributed by atoms with Gasteiger partial charge in [0.2, 0.25) is 5.91 Å². The zero-order valence-corrected chi connectivity index (χ0v) is 17.9. The monoisotopic (exact) mass is 402 g/mol. The van der Waals surface area contributed by atoms with E-state index in [0.717, 1.165) is 56.6 Å². The van der Waals surface area contributed by atoms with Crippen molar-refractivity contribution in [2.45, 2.75) is 76.8 Å². The van der Waals surface area contributed by atoms with Crippen LogP contribution >= 0.6 is 0 Å². The molecule has 0 heterocycles. The Balaban J connectivity index is 1.62. The van der Waals surface area contributed by atoms with Crippen molar-refractivity contribution in [2.75, 3.05) is 13.1 Å². The molecule has 2 aliphatic carbocycles. The molecular weight excluding hydrogens is 367 g/mol. The Kier molecular flexibility index (Phi) is 7.14. The second-order valence-corrected chi connectivity index (χ2v) is 8.82. The molecule has 2 unspecified atom stereocenters. The SMILES string of the molecule is CCNC(=NCC1(c2ccccc2F)CC1)NC1CCCC(C(=O)NC(C)C)C1. The van der Waals surface area contributed by atoms with Crippen molar-refractivity contribution in [1.29, 1.82) is 0 Å². The zero-order valence-electron chi connectivity index (χ0n) is 17.9. The van der Waals surface area contributed by atoms with E-state index in [1.54, 1.807) is 6.07 Å². The molecular formula is C23H35FN4O. The van der Waals surface area contributed by atoms with Crippen LogP contribution in [0.15, 0.2) is 29.3 Å². The van der Waals surface area contributed by atoms with Crippen molar-refractivity contribution in [3.63, 3.8) is 0 Å². The summed E-state index contributed by atoms with van der Waals surface area (Å²) < 4.78 is 14.3. The number of aliphatic imine (C=N–C) groups is 1. The zero-order chi connectivity index (χ0) is 20.9. The van der Waals surface area contributed by atoms with Crippen LogP contribution in [0.25, 0.3) is 0 Å². The van der Waals surface area contributed by atoms with Gasteiger partial charge in [0.1, 0.15) is 5.82 Å². The van der Waals surface area contributed by atoms with Gasteiger partial charge in [0.25, 0.3) is 0 Å². The van der Waals surface area contributed by atoms with Gasteiger partial charge in [-0.2, -0.15) is 0 Å². The van der Waals surface area contributed by atoms with Crippen molar-refractivity contribution in [1.82, 2.24) is 16.0 Å². The molecule has 5 nitrogen and oxygen atoms in total. The predicted octanol–water partition coefficient (Wildman–Crippen LogP) is 3.50. The van der Waals surface area contributed by atoms with Crippen LogP contribution in [0, 0.1) is 11.7 Å². The predicted molar refractivity (Wildman–Crippen MR) is 115 cm³/mol. The molecule has 29 heavy (non-hydrogen) atoms. The van der Waals surface area contributed by atoms with Crippen LogP contribution < -0.4 is 16.0 Å². The minimum atomic E-state index is -0.167. The fraction of sp³-hybridized carbons (Fsp3) is 0.652. The number of nitrogens with one attached hydrogen (secondary N) is 3. The van der Waals surface area contributed by atoms with E-state index < -0.39 is 0 Å². The maximum absolute atomic E-state index is 14.3. The highest BCUT2D eigenvalue weighted by atomic mass is 19.1. The fourth-order valence-electron chi connectivity index (χ4n) is 4.26. The number of carbonyl (C=O) groups excluding carboxylic acids is 1. The van der Waals surface area contributed by atoms with Crippen LogP contribution in [0.5, 0.6) is 0 Å². The minimum Gasteiger partial charge on any atom is -0.357 e. The number of rotatable bonds is 7. The summed E-state index contributed by atoms with van der Waals surface area (Å²) in [5, 5.41) is 9.88. The normalized spacial score (nSPS) is 23.6. The van der Waals surface area contributed by atoms with Gasteiger partial charge in [0.15, 0.2) is 5.96 Å². The van der Waals surface area contributed by atoms with Crippen molar-refractivity contribution in [2.24, 2.45) is 10.9 Å². The first-order chi connectivity index (χ1) is 13.9. The number of benzene rings is 1. The molecule has 3 N–H and O–H groups in total. The summed E-state index contributed by atoms with van der Waals surface area (Å²) in [4.78, 5) is 17.2. The van der Waals surface area contributed by atoms with Gasteiger partial charge >= 0.3 is 0 Å². The van der Waals surface area contributed by atoms with Crippen LogP contribution in [0.1, 0.15) is 64.9 Å². The third-order valence-electron chi connectivity index (χ3n) is 6.00. The molecule has 2 fully saturated rings. The maximum atomic E-state index is 14.3. The highest BCUT2D eigenvalue weighted by Gasteiger charge is 2.45. The third-order valence-corrected chi connectivity index (χ3v) is 6.00. The Morgan fingerprint density at radius 2 is 2.03 bits per heavy atom. The lowest BCUT2D eigenvalue weighted by atomic mass is 9.85. The summed E-state index contributed by atoms with van der Waals surface area (Å²) >= 11 is 0. The Hall–Kier alpha value is -2.11. The van der Waals surface area contributed by atoms with Crippen LogP contribution in [0.4, 0.5) is 4.39 Å². The lowest BCUT2D eigenvalue weighted by molar-refractivity contribution is -0.126. The van der Waals surface area contributed by atoms with Gasteiger partial charge < -0.3 is 16.0 Å².